The summed E-state index contributed by atoms with van der Waals surface area (Å²) in [4.78, 5) is 48.2. The molecule has 2 aromatic rings. The van der Waals surface area contributed by atoms with Gasteiger partial charge >= 0.3 is 18.3 Å². The average molecular weight is 733 g/mol. The maximum absolute atomic E-state index is 14.1. The highest BCUT2D eigenvalue weighted by Gasteiger charge is 2.39. The summed E-state index contributed by atoms with van der Waals surface area (Å²) in [5, 5.41) is 5.38. The molecule has 10 nitrogen and oxygen atoms in total. The van der Waals surface area contributed by atoms with Gasteiger partial charge in [-0.15, -0.1) is 0 Å². The molecule has 51 heavy (non-hydrogen) atoms. The molecule has 2 N–H and O–H groups in total. The van der Waals surface area contributed by atoms with Gasteiger partial charge in [0.15, 0.2) is 6.10 Å². The van der Waals surface area contributed by atoms with E-state index in [-0.39, 0.29) is 34.8 Å². The standard InChI is InChI=1S/C37H48ClF3N6O4/c1-42-33-29(37(39,40)41)21-24(22-30(33)38)23-32(34(48)45-16-9-26(10-17-45)25-7-14-44(2)15-8-25)51-36(50)46-18-12-28(13-19-46)47-20-11-27-5-3-4-6-31(27)43-35(47)49/h3-6,21-22,25-26,28,32,42H,7-20,23H2,1-2H3,(H,43,49)/t32-/m1/s1. The number of nitrogens with zero attached hydrogens (tertiary/aromatic N) is 4. The summed E-state index contributed by atoms with van der Waals surface area (Å²) in [6.07, 6.45) is -1.27. The smallest absolute Gasteiger partial charge is 0.418 e. The van der Waals surface area contributed by atoms with Crippen LogP contribution in [0, 0.1) is 11.8 Å². The van der Waals surface area contributed by atoms with Gasteiger partial charge in [0, 0.05) is 57.9 Å². The fourth-order valence-electron chi connectivity index (χ4n) is 8.24. The minimum absolute atomic E-state index is 0.0831. The lowest BCUT2D eigenvalue weighted by molar-refractivity contribution is -0.142. The molecule has 4 heterocycles. The molecule has 1 atom stereocenters. The molecule has 0 aliphatic carbocycles. The van der Waals surface area contributed by atoms with E-state index in [0.717, 1.165) is 56.1 Å². The Morgan fingerprint density at radius 2 is 1.57 bits per heavy atom. The minimum Gasteiger partial charge on any atom is -0.436 e. The van der Waals surface area contributed by atoms with Crippen LogP contribution >= 0.6 is 11.6 Å². The van der Waals surface area contributed by atoms with Crippen LogP contribution in [-0.4, -0.2) is 110 Å². The number of para-hydroxylation sites is 1. The van der Waals surface area contributed by atoms with E-state index in [1.54, 1.807) is 4.90 Å². The van der Waals surface area contributed by atoms with Gasteiger partial charge in [0.05, 0.1) is 16.3 Å². The Bertz CT molecular complexity index is 1570. The van der Waals surface area contributed by atoms with E-state index < -0.39 is 29.8 Å². The first-order valence-corrected chi connectivity index (χ1v) is 18.4. The van der Waals surface area contributed by atoms with Crippen molar-refractivity contribution in [3.8, 4) is 0 Å². The number of hydrogen-bond acceptors (Lipinski definition) is 6. The van der Waals surface area contributed by atoms with Crippen LogP contribution in [0.4, 0.5) is 34.1 Å². The van der Waals surface area contributed by atoms with Crippen LogP contribution < -0.4 is 10.6 Å². The van der Waals surface area contributed by atoms with Crippen LogP contribution in [0.15, 0.2) is 36.4 Å². The molecule has 3 saturated heterocycles. The third kappa shape index (κ3) is 8.68. The second kappa shape index (κ2) is 15.9. The molecule has 3 fully saturated rings. The molecule has 0 unspecified atom stereocenters. The highest BCUT2D eigenvalue weighted by atomic mass is 35.5. The van der Waals surface area contributed by atoms with Gasteiger partial charge in [-0.1, -0.05) is 29.8 Å². The molecule has 2 aromatic carbocycles. The average Bonchev–Trinajstić information content (AvgIpc) is 3.29. The molecule has 0 spiro atoms. The maximum Gasteiger partial charge on any atom is 0.418 e. The van der Waals surface area contributed by atoms with Crippen LogP contribution in [0.1, 0.15) is 55.2 Å². The molecular weight excluding hydrogens is 685 g/mol. The Kier molecular flexibility index (Phi) is 11.5. The van der Waals surface area contributed by atoms with Gasteiger partial charge < -0.3 is 35.0 Å². The quantitative estimate of drug-likeness (QED) is 0.334. The van der Waals surface area contributed by atoms with Crippen molar-refractivity contribution in [2.75, 3.05) is 70.5 Å². The van der Waals surface area contributed by atoms with Crippen molar-refractivity contribution >= 4 is 41.0 Å². The molecule has 4 aliphatic rings. The first kappa shape index (κ1) is 37.1. The molecule has 0 bridgehead atoms. The van der Waals surface area contributed by atoms with Crippen molar-refractivity contribution in [1.82, 2.24) is 19.6 Å². The number of likely N-dealkylation sites (tertiary alicyclic amines) is 3. The molecule has 14 heteroatoms. The van der Waals surface area contributed by atoms with Crippen molar-refractivity contribution < 1.29 is 32.3 Å². The maximum atomic E-state index is 14.1. The lowest BCUT2D eigenvalue weighted by Crippen LogP contribution is -2.52. The van der Waals surface area contributed by atoms with E-state index in [9.17, 15) is 27.6 Å². The van der Waals surface area contributed by atoms with Gasteiger partial charge in [-0.3, -0.25) is 4.79 Å². The fraction of sp³-hybridized carbons (Fsp3) is 0.595. The Labute approximate surface area is 302 Å². The number of hydrogen-bond donors (Lipinski definition) is 2. The van der Waals surface area contributed by atoms with Crippen LogP contribution in [0.2, 0.25) is 5.02 Å². The predicted octanol–water partition coefficient (Wildman–Crippen LogP) is 6.58. The summed E-state index contributed by atoms with van der Waals surface area (Å²) >= 11 is 6.29. The number of carbonyl (C=O) groups excluding carboxylic acids is 3. The summed E-state index contributed by atoms with van der Waals surface area (Å²) in [6, 6.07) is 9.82. The van der Waals surface area contributed by atoms with Gasteiger partial charge in [0.25, 0.3) is 5.91 Å². The number of ether oxygens (including phenoxy) is 1. The van der Waals surface area contributed by atoms with Gasteiger partial charge in [-0.25, -0.2) is 9.59 Å². The molecule has 0 saturated carbocycles. The second-order valence-electron chi connectivity index (χ2n) is 14.4. The molecule has 4 aliphatic heterocycles. The number of anilines is 2. The van der Waals surface area contributed by atoms with Gasteiger partial charge in [0.1, 0.15) is 0 Å². The Hall–Kier alpha value is -3.71. The topological polar surface area (TPSA) is 97.5 Å². The number of benzene rings is 2. The van der Waals surface area contributed by atoms with Crippen LogP contribution in [0.25, 0.3) is 0 Å². The Morgan fingerprint density at radius 1 is 0.941 bits per heavy atom. The molecular formula is C37H48ClF3N6O4. The van der Waals surface area contributed by atoms with Crippen LogP contribution in [0.3, 0.4) is 0 Å². The summed E-state index contributed by atoms with van der Waals surface area (Å²) in [5.41, 5.74) is 0.809. The molecule has 278 valence electrons. The van der Waals surface area contributed by atoms with Crippen molar-refractivity contribution in [3.63, 3.8) is 0 Å². The van der Waals surface area contributed by atoms with Gasteiger partial charge in [-0.2, -0.15) is 13.2 Å². The zero-order valence-electron chi connectivity index (χ0n) is 29.3. The number of piperidine rings is 3. The number of urea groups is 1. The van der Waals surface area contributed by atoms with E-state index >= 15 is 0 Å². The summed E-state index contributed by atoms with van der Waals surface area (Å²) in [5.74, 6) is 0.704. The molecule has 0 radical (unpaired) electrons. The number of carbonyl (C=O) groups is 3. The number of amides is 4. The Balaban J connectivity index is 1.13. The summed E-state index contributed by atoms with van der Waals surface area (Å²) in [7, 11) is 3.49. The largest absolute Gasteiger partial charge is 0.436 e. The van der Waals surface area contributed by atoms with E-state index in [4.69, 9.17) is 16.3 Å². The number of rotatable bonds is 7. The van der Waals surface area contributed by atoms with Gasteiger partial charge in [-0.05, 0) is 106 Å². The van der Waals surface area contributed by atoms with Crippen molar-refractivity contribution in [2.24, 2.45) is 11.8 Å². The second-order valence-corrected chi connectivity index (χ2v) is 14.8. The molecule has 4 amide bonds. The summed E-state index contributed by atoms with van der Waals surface area (Å²) in [6.45, 7) is 4.31. The van der Waals surface area contributed by atoms with E-state index in [0.29, 0.717) is 63.8 Å². The highest BCUT2D eigenvalue weighted by Crippen LogP contribution is 2.40. The number of alkyl halides is 3. The van der Waals surface area contributed by atoms with E-state index in [1.165, 1.54) is 18.0 Å². The third-order valence-electron chi connectivity index (χ3n) is 11.2. The summed E-state index contributed by atoms with van der Waals surface area (Å²) < 4.78 is 48.0. The minimum atomic E-state index is -4.69. The number of halogens is 4. The zero-order valence-corrected chi connectivity index (χ0v) is 30.1. The molecule has 0 aromatic heterocycles. The normalized spacial score (nSPS) is 20.7. The van der Waals surface area contributed by atoms with Crippen molar-refractivity contribution in [3.05, 3.63) is 58.1 Å². The lowest BCUT2D eigenvalue weighted by atomic mass is 9.79. The first-order chi connectivity index (χ1) is 24.4. The Morgan fingerprint density at radius 3 is 2.22 bits per heavy atom. The first-order valence-electron chi connectivity index (χ1n) is 18.1. The van der Waals surface area contributed by atoms with Crippen LogP contribution in [0.5, 0.6) is 0 Å². The third-order valence-corrected chi connectivity index (χ3v) is 11.5. The predicted molar refractivity (Wildman–Crippen MR) is 190 cm³/mol. The van der Waals surface area contributed by atoms with E-state index in [2.05, 4.69) is 22.6 Å². The van der Waals surface area contributed by atoms with Crippen molar-refractivity contribution in [1.29, 1.82) is 0 Å². The lowest BCUT2D eigenvalue weighted by Gasteiger charge is -2.40. The number of nitrogens with one attached hydrogen (secondary N) is 2. The number of fused-ring (bicyclic) bond motifs is 1. The van der Waals surface area contributed by atoms with Gasteiger partial charge in [0.2, 0.25) is 0 Å². The molecule has 6 rings (SSSR count). The fourth-order valence-corrected chi connectivity index (χ4v) is 8.58. The monoisotopic (exact) mass is 732 g/mol. The highest BCUT2D eigenvalue weighted by molar-refractivity contribution is 6.33. The SMILES string of the molecule is CNc1c(Cl)cc(C[C@@H](OC(=O)N2CCC(N3CCc4ccccc4NC3=O)CC2)C(=O)N2CCC(C3CCN(C)CC3)CC2)cc1C(F)(F)F. The zero-order chi connectivity index (χ0) is 36.3. The van der Waals surface area contributed by atoms with E-state index in [1.807, 2.05) is 29.2 Å². The van der Waals surface area contributed by atoms with Crippen molar-refractivity contribution in [2.45, 2.75) is 69.7 Å². The van der Waals surface area contributed by atoms with Crippen LogP contribution in [-0.2, 0) is 28.5 Å².